The van der Waals surface area contributed by atoms with Gasteiger partial charge in [0.1, 0.15) is 5.54 Å². The Bertz CT molecular complexity index is 512. The molecule has 1 atom stereocenters. The van der Waals surface area contributed by atoms with Crippen LogP contribution in [0.25, 0.3) is 0 Å². The molecule has 1 unspecified atom stereocenters. The highest BCUT2D eigenvalue weighted by molar-refractivity contribution is 9.10. The van der Waals surface area contributed by atoms with Gasteiger partial charge in [-0.1, -0.05) is 0 Å². The van der Waals surface area contributed by atoms with Gasteiger partial charge in [-0.05, 0) is 48.1 Å². The number of carbonyl (C=O) groups is 2. The van der Waals surface area contributed by atoms with Crippen molar-refractivity contribution < 1.29 is 9.59 Å². The van der Waals surface area contributed by atoms with Crippen LogP contribution in [0.5, 0.6) is 0 Å². The Morgan fingerprint density at radius 1 is 1.53 bits per heavy atom. The Morgan fingerprint density at radius 3 is 2.79 bits per heavy atom. The lowest BCUT2D eigenvalue weighted by Crippen LogP contribution is -2.53. The molecule has 0 aliphatic carbocycles. The van der Waals surface area contributed by atoms with Crippen LogP contribution in [0, 0.1) is 0 Å². The van der Waals surface area contributed by atoms with E-state index in [9.17, 15) is 9.59 Å². The van der Waals surface area contributed by atoms with Gasteiger partial charge in [-0.25, -0.2) is 0 Å². The van der Waals surface area contributed by atoms with Crippen LogP contribution in [0.2, 0.25) is 0 Å². The number of carbonyl (C=O) groups excluding carboxylic acids is 2. The van der Waals surface area contributed by atoms with Gasteiger partial charge in [-0.2, -0.15) is 0 Å². The highest BCUT2D eigenvalue weighted by Gasteiger charge is 2.39. The lowest BCUT2D eigenvalue weighted by molar-refractivity contribution is -0.139. The summed E-state index contributed by atoms with van der Waals surface area (Å²) in [5.74, 6) is -0.107. The summed E-state index contributed by atoms with van der Waals surface area (Å²) in [6.45, 7) is 5.96. The number of hydrogen-bond acceptors (Lipinski definition) is 3. The molecule has 0 saturated carbocycles. The molecule has 0 bridgehead atoms. The molecule has 4 nitrogen and oxygen atoms in total. The fraction of sp³-hybridized carbons (Fsp3) is 0.538. The van der Waals surface area contributed by atoms with Crippen LogP contribution in [-0.4, -0.2) is 28.3 Å². The summed E-state index contributed by atoms with van der Waals surface area (Å²) in [6.07, 6.45) is 0.345. The Balaban J connectivity index is 2.28. The first-order chi connectivity index (χ1) is 8.81. The zero-order valence-corrected chi connectivity index (χ0v) is 13.6. The van der Waals surface area contributed by atoms with Crippen LogP contribution in [0.1, 0.15) is 32.1 Å². The number of hydrogen-bond donors (Lipinski definition) is 1. The fourth-order valence-electron chi connectivity index (χ4n) is 2.21. The fourth-order valence-corrected chi connectivity index (χ4v) is 3.69. The maximum Gasteiger partial charge on any atom is 0.248 e. The minimum absolute atomic E-state index is 0.0360. The predicted octanol–water partition coefficient (Wildman–Crippen LogP) is 2.53. The van der Waals surface area contributed by atoms with E-state index in [1.54, 1.807) is 30.1 Å². The molecule has 2 amide bonds. The minimum atomic E-state index is -0.842. The van der Waals surface area contributed by atoms with Gasteiger partial charge in [0.25, 0.3) is 0 Å². The molecule has 1 aliphatic heterocycles. The topological polar surface area (TPSA) is 49.4 Å². The Hall–Kier alpha value is -0.880. The van der Waals surface area contributed by atoms with Gasteiger partial charge in [-0.15, -0.1) is 11.3 Å². The normalized spacial score (nSPS) is 23.2. The van der Waals surface area contributed by atoms with Gasteiger partial charge in [0.2, 0.25) is 11.8 Å². The number of halogens is 1. The van der Waals surface area contributed by atoms with Crippen molar-refractivity contribution >= 4 is 39.1 Å². The Morgan fingerprint density at radius 2 is 2.21 bits per heavy atom. The van der Waals surface area contributed by atoms with E-state index >= 15 is 0 Å². The molecule has 0 spiro atoms. The highest BCUT2D eigenvalue weighted by atomic mass is 79.9. The van der Waals surface area contributed by atoms with Gasteiger partial charge in [0.15, 0.2) is 0 Å². The van der Waals surface area contributed by atoms with Crippen molar-refractivity contribution in [1.29, 1.82) is 0 Å². The van der Waals surface area contributed by atoms with E-state index in [1.807, 2.05) is 18.4 Å². The van der Waals surface area contributed by atoms with E-state index in [2.05, 4.69) is 21.2 Å². The zero-order chi connectivity index (χ0) is 14.2. The molecule has 6 heteroatoms. The van der Waals surface area contributed by atoms with E-state index in [1.165, 1.54) is 0 Å². The molecule has 0 radical (unpaired) electrons. The third-order valence-electron chi connectivity index (χ3n) is 3.27. The molecule has 2 rings (SSSR count). The van der Waals surface area contributed by atoms with Crippen LogP contribution in [0.3, 0.4) is 0 Å². The van der Waals surface area contributed by atoms with Crippen LogP contribution in [0.15, 0.2) is 15.9 Å². The summed E-state index contributed by atoms with van der Waals surface area (Å²) < 4.78 is 1.01. The number of thiophene rings is 1. The third kappa shape index (κ3) is 3.00. The summed E-state index contributed by atoms with van der Waals surface area (Å²) in [7, 11) is 0. The lowest BCUT2D eigenvalue weighted by Gasteiger charge is -2.31. The largest absolute Gasteiger partial charge is 0.342 e. The quantitative estimate of drug-likeness (QED) is 0.896. The molecule has 2 heterocycles. The average Bonchev–Trinajstić information content (AvgIpc) is 2.66. The maximum absolute atomic E-state index is 12.6. The molecule has 0 aromatic carbocycles. The minimum Gasteiger partial charge on any atom is -0.342 e. The first-order valence-corrected chi connectivity index (χ1v) is 7.82. The van der Waals surface area contributed by atoms with E-state index in [-0.39, 0.29) is 17.9 Å². The molecule has 1 aromatic rings. The SMILES string of the molecule is CC1CC(=O)NC(C)(C)C(=O)N1Cc1sccc1Br. The first kappa shape index (κ1) is 14.5. The van der Waals surface area contributed by atoms with Crippen molar-refractivity contribution in [2.75, 3.05) is 0 Å². The molecular formula is C13H17BrN2O2S. The average molecular weight is 345 g/mol. The molecule has 1 fully saturated rings. The molecule has 1 aliphatic rings. The summed E-state index contributed by atoms with van der Waals surface area (Å²) in [5.41, 5.74) is -0.842. The number of nitrogens with zero attached hydrogens (tertiary/aromatic N) is 1. The van der Waals surface area contributed by atoms with E-state index in [0.29, 0.717) is 13.0 Å². The van der Waals surface area contributed by atoms with Gasteiger partial charge < -0.3 is 10.2 Å². The first-order valence-electron chi connectivity index (χ1n) is 6.15. The summed E-state index contributed by atoms with van der Waals surface area (Å²) >= 11 is 5.09. The maximum atomic E-state index is 12.6. The second-order valence-electron chi connectivity index (χ2n) is 5.35. The van der Waals surface area contributed by atoms with Gasteiger partial charge in [0.05, 0.1) is 6.54 Å². The molecule has 1 saturated heterocycles. The van der Waals surface area contributed by atoms with E-state index in [0.717, 1.165) is 9.35 Å². The van der Waals surface area contributed by atoms with Crippen molar-refractivity contribution in [3.05, 3.63) is 20.8 Å². The zero-order valence-electron chi connectivity index (χ0n) is 11.2. The monoisotopic (exact) mass is 344 g/mol. The second kappa shape index (κ2) is 5.25. The van der Waals surface area contributed by atoms with Crippen LogP contribution in [-0.2, 0) is 16.1 Å². The molecular weight excluding hydrogens is 328 g/mol. The van der Waals surface area contributed by atoms with E-state index < -0.39 is 5.54 Å². The van der Waals surface area contributed by atoms with Crippen LogP contribution >= 0.6 is 27.3 Å². The summed E-state index contributed by atoms with van der Waals surface area (Å²) in [5, 5.41) is 4.77. The van der Waals surface area contributed by atoms with Crippen molar-refractivity contribution in [3.8, 4) is 0 Å². The van der Waals surface area contributed by atoms with Crippen molar-refractivity contribution in [3.63, 3.8) is 0 Å². The van der Waals surface area contributed by atoms with Crippen molar-refractivity contribution in [2.24, 2.45) is 0 Å². The van der Waals surface area contributed by atoms with Gasteiger partial charge in [-0.3, -0.25) is 9.59 Å². The number of amides is 2. The summed E-state index contributed by atoms with van der Waals surface area (Å²) in [4.78, 5) is 27.2. The van der Waals surface area contributed by atoms with Crippen molar-refractivity contribution in [1.82, 2.24) is 10.2 Å². The van der Waals surface area contributed by atoms with Crippen LogP contribution in [0.4, 0.5) is 0 Å². The molecule has 104 valence electrons. The number of nitrogens with one attached hydrogen (secondary N) is 1. The molecule has 1 aromatic heterocycles. The van der Waals surface area contributed by atoms with E-state index in [4.69, 9.17) is 0 Å². The third-order valence-corrected chi connectivity index (χ3v) is 5.18. The standard InChI is InChI=1S/C13H17BrN2O2S/c1-8-6-11(17)15-13(2,3)12(18)16(8)7-10-9(14)4-5-19-10/h4-5,8H,6-7H2,1-3H3,(H,15,17). The Kier molecular flexibility index (Phi) is 4.01. The van der Waals surface area contributed by atoms with Crippen LogP contribution < -0.4 is 5.32 Å². The van der Waals surface area contributed by atoms with Gasteiger partial charge >= 0.3 is 0 Å². The van der Waals surface area contributed by atoms with Crippen molar-refractivity contribution in [2.45, 2.75) is 45.3 Å². The van der Waals surface area contributed by atoms with Gasteiger partial charge in [0, 0.05) is 21.8 Å². The smallest absolute Gasteiger partial charge is 0.248 e. The highest BCUT2D eigenvalue weighted by Crippen LogP contribution is 2.27. The number of rotatable bonds is 2. The Labute approximate surface area is 125 Å². The molecule has 19 heavy (non-hydrogen) atoms. The second-order valence-corrected chi connectivity index (χ2v) is 7.21. The molecule has 1 N–H and O–H groups in total. The summed E-state index contributed by atoms with van der Waals surface area (Å²) in [6, 6.07) is 1.88. The predicted molar refractivity (Wildman–Crippen MR) is 78.9 cm³/mol. The lowest BCUT2D eigenvalue weighted by atomic mass is 10.0.